The average molecular weight is 233 g/mol. The van der Waals surface area contributed by atoms with E-state index < -0.39 is 0 Å². The van der Waals surface area contributed by atoms with Crippen molar-refractivity contribution < 1.29 is 4.79 Å². The molecule has 80 valence electrons. The Bertz CT molecular complexity index is 523. The summed E-state index contributed by atoms with van der Waals surface area (Å²) < 4.78 is 0. The summed E-state index contributed by atoms with van der Waals surface area (Å²) in [5.74, 6) is 0.710. The number of benzene rings is 1. The van der Waals surface area contributed by atoms with Gasteiger partial charge in [0.05, 0.1) is 0 Å². The molecule has 0 bridgehead atoms. The van der Waals surface area contributed by atoms with Gasteiger partial charge in [-0.05, 0) is 30.7 Å². The van der Waals surface area contributed by atoms with Gasteiger partial charge < -0.3 is 0 Å². The number of rotatable bonds is 2. The topological polar surface area (TPSA) is 42.9 Å². The van der Waals surface area contributed by atoms with Crippen LogP contribution in [0.1, 0.15) is 16.2 Å². The zero-order valence-corrected chi connectivity index (χ0v) is 9.40. The number of carbonyl (C=O) groups is 1. The lowest BCUT2D eigenvalue weighted by atomic mass is 10.1. The van der Waals surface area contributed by atoms with Gasteiger partial charge in [0.2, 0.25) is 0 Å². The Kier molecular flexibility index (Phi) is 2.97. The molecule has 0 aliphatic rings. The molecule has 0 atom stereocenters. The maximum Gasteiger partial charge on any atom is 0.150 e. The van der Waals surface area contributed by atoms with Gasteiger partial charge in [-0.3, -0.25) is 4.79 Å². The van der Waals surface area contributed by atoms with Gasteiger partial charge >= 0.3 is 0 Å². The monoisotopic (exact) mass is 232 g/mol. The summed E-state index contributed by atoms with van der Waals surface area (Å²) >= 11 is 5.91. The molecule has 0 aliphatic heterocycles. The van der Waals surface area contributed by atoms with Crippen LogP contribution in [0.25, 0.3) is 11.1 Å². The third-order valence-electron chi connectivity index (χ3n) is 2.17. The zero-order valence-electron chi connectivity index (χ0n) is 8.64. The molecule has 1 heterocycles. The number of halogens is 1. The van der Waals surface area contributed by atoms with E-state index in [2.05, 4.69) is 9.97 Å². The lowest BCUT2D eigenvalue weighted by Crippen LogP contribution is -1.89. The second-order valence-corrected chi connectivity index (χ2v) is 3.85. The summed E-state index contributed by atoms with van der Waals surface area (Å²) in [5, 5.41) is 0.528. The summed E-state index contributed by atoms with van der Waals surface area (Å²) in [4.78, 5) is 18.9. The average Bonchev–Trinajstić information content (AvgIpc) is 2.29. The first-order valence-electron chi connectivity index (χ1n) is 4.74. The van der Waals surface area contributed by atoms with Gasteiger partial charge in [0.25, 0.3) is 0 Å². The van der Waals surface area contributed by atoms with Crippen LogP contribution in [0.15, 0.2) is 30.6 Å². The van der Waals surface area contributed by atoms with Crippen LogP contribution in [0.2, 0.25) is 5.02 Å². The smallest absolute Gasteiger partial charge is 0.150 e. The molecule has 0 fully saturated rings. The van der Waals surface area contributed by atoms with Crippen LogP contribution < -0.4 is 0 Å². The Balaban J connectivity index is 2.51. The summed E-state index contributed by atoms with van der Waals surface area (Å²) in [6.07, 6.45) is 4.19. The van der Waals surface area contributed by atoms with Crippen LogP contribution in [0, 0.1) is 6.92 Å². The predicted octanol–water partition coefficient (Wildman–Crippen LogP) is 2.92. The lowest BCUT2D eigenvalue weighted by Gasteiger charge is -2.03. The second-order valence-electron chi connectivity index (χ2n) is 3.41. The van der Waals surface area contributed by atoms with E-state index in [9.17, 15) is 4.79 Å². The summed E-state index contributed by atoms with van der Waals surface area (Å²) in [6, 6.07) is 5.16. The van der Waals surface area contributed by atoms with Gasteiger partial charge in [-0.15, -0.1) is 0 Å². The third-order valence-corrected chi connectivity index (χ3v) is 2.39. The van der Waals surface area contributed by atoms with Gasteiger partial charge in [0.1, 0.15) is 12.1 Å². The highest BCUT2D eigenvalue weighted by Crippen LogP contribution is 2.23. The fraction of sp³-hybridized carbons (Fsp3) is 0.0833. The molecule has 0 unspecified atom stereocenters. The van der Waals surface area contributed by atoms with Crippen molar-refractivity contribution in [3.05, 3.63) is 47.0 Å². The first-order chi connectivity index (χ1) is 7.69. The Hall–Kier alpha value is -1.74. The minimum absolute atomic E-state index is 0.528. The molecule has 0 N–H and O–H groups in total. The molecule has 0 saturated heterocycles. The van der Waals surface area contributed by atoms with Crippen molar-refractivity contribution in [1.29, 1.82) is 0 Å². The zero-order chi connectivity index (χ0) is 11.5. The van der Waals surface area contributed by atoms with E-state index >= 15 is 0 Å². The fourth-order valence-electron chi connectivity index (χ4n) is 1.39. The number of aldehydes is 1. The van der Waals surface area contributed by atoms with Gasteiger partial charge in [0, 0.05) is 28.5 Å². The molecule has 2 aromatic rings. The van der Waals surface area contributed by atoms with Crippen molar-refractivity contribution in [1.82, 2.24) is 9.97 Å². The highest BCUT2D eigenvalue weighted by Gasteiger charge is 2.02. The molecule has 0 radical (unpaired) electrons. The SMILES string of the molecule is Cc1ncc(-c2cc(Cl)cc(C=O)c2)cn1. The van der Waals surface area contributed by atoms with Crippen LogP contribution in [0.4, 0.5) is 0 Å². The Morgan fingerprint density at radius 2 is 1.81 bits per heavy atom. The number of aryl methyl sites for hydroxylation is 1. The maximum atomic E-state index is 10.7. The van der Waals surface area contributed by atoms with Crippen molar-refractivity contribution in [3.63, 3.8) is 0 Å². The largest absolute Gasteiger partial charge is 0.298 e. The van der Waals surface area contributed by atoms with Crippen LogP contribution in [-0.4, -0.2) is 16.3 Å². The highest BCUT2D eigenvalue weighted by atomic mass is 35.5. The van der Waals surface area contributed by atoms with Gasteiger partial charge in [-0.2, -0.15) is 0 Å². The molecule has 3 nitrogen and oxygen atoms in total. The first-order valence-corrected chi connectivity index (χ1v) is 5.11. The minimum atomic E-state index is 0.528. The molecule has 1 aromatic carbocycles. The van der Waals surface area contributed by atoms with E-state index in [4.69, 9.17) is 11.6 Å². The van der Waals surface area contributed by atoms with E-state index in [1.54, 1.807) is 30.6 Å². The van der Waals surface area contributed by atoms with Gasteiger partial charge in [-0.25, -0.2) is 9.97 Å². The number of aromatic nitrogens is 2. The molecule has 16 heavy (non-hydrogen) atoms. The van der Waals surface area contributed by atoms with E-state index in [1.165, 1.54) is 0 Å². The summed E-state index contributed by atoms with van der Waals surface area (Å²) in [7, 11) is 0. The number of nitrogens with zero attached hydrogens (tertiary/aromatic N) is 2. The van der Waals surface area contributed by atoms with Crippen LogP contribution in [0.5, 0.6) is 0 Å². The minimum Gasteiger partial charge on any atom is -0.298 e. The summed E-state index contributed by atoms with van der Waals surface area (Å²) in [5.41, 5.74) is 2.23. The standard InChI is InChI=1S/C12H9ClN2O/c1-8-14-5-11(6-15-8)10-2-9(7-16)3-12(13)4-10/h2-7H,1H3. The Morgan fingerprint density at radius 1 is 1.12 bits per heavy atom. The number of carbonyl (C=O) groups excluding carboxylic acids is 1. The Labute approximate surface area is 98.1 Å². The second kappa shape index (κ2) is 4.41. The molecular formula is C12H9ClN2O. The maximum absolute atomic E-state index is 10.7. The van der Waals surface area contributed by atoms with Crippen molar-refractivity contribution >= 4 is 17.9 Å². The summed E-state index contributed by atoms with van der Waals surface area (Å²) in [6.45, 7) is 1.82. The van der Waals surface area contributed by atoms with Crippen molar-refractivity contribution in [2.45, 2.75) is 6.92 Å². The normalized spacial score (nSPS) is 10.1. The molecular weight excluding hydrogens is 224 g/mol. The lowest BCUT2D eigenvalue weighted by molar-refractivity contribution is 0.112. The van der Waals surface area contributed by atoms with E-state index in [1.807, 2.05) is 6.92 Å². The number of hydrogen-bond donors (Lipinski definition) is 0. The predicted molar refractivity (Wildman–Crippen MR) is 62.6 cm³/mol. The van der Waals surface area contributed by atoms with Crippen LogP contribution in [-0.2, 0) is 0 Å². The molecule has 0 saturated carbocycles. The fourth-order valence-corrected chi connectivity index (χ4v) is 1.63. The van der Waals surface area contributed by atoms with Gasteiger partial charge in [-0.1, -0.05) is 11.6 Å². The van der Waals surface area contributed by atoms with E-state index in [0.717, 1.165) is 17.4 Å². The number of hydrogen-bond acceptors (Lipinski definition) is 3. The molecule has 0 aliphatic carbocycles. The molecule has 4 heteroatoms. The van der Waals surface area contributed by atoms with Crippen molar-refractivity contribution in [2.24, 2.45) is 0 Å². The molecule has 0 spiro atoms. The van der Waals surface area contributed by atoms with E-state index in [0.29, 0.717) is 16.4 Å². The quantitative estimate of drug-likeness (QED) is 0.748. The van der Waals surface area contributed by atoms with Crippen molar-refractivity contribution in [3.8, 4) is 11.1 Å². The molecule has 1 aromatic heterocycles. The van der Waals surface area contributed by atoms with Crippen LogP contribution in [0.3, 0.4) is 0 Å². The Morgan fingerprint density at radius 3 is 2.44 bits per heavy atom. The molecule has 0 amide bonds. The van der Waals surface area contributed by atoms with Crippen molar-refractivity contribution in [2.75, 3.05) is 0 Å². The first kappa shape index (κ1) is 10.8. The highest BCUT2D eigenvalue weighted by molar-refractivity contribution is 6.31. The van der Waals surface area contributed by atoms with Gasteiger partial charge in [0.15, 0.2) is 0 Å². The third kappa shape index (κ3) is 2.25. The molecule has 2 rings (SSSR count). The van der Waals surface area contributed by atoms with E-state index in [-0.39, 0.29) is 0 Å². The van der Waals surface area contributed by atoms with Crippen LogP contribution >= 0.6 is 11.6 Å².